The van der Waals surface area contributed by atoms with E-state index in [1.54, 1.807) is 60.7 Å². The quantitative estimate of drug-likeness (QED) is 0.317. The first kappa shape index (κ1) is 20.4. The number of carbonyl (C=O) groups is 2. The molecule has 4 aromatic carbocycles. The zero-order valence-electron chi connectivity index (χ0n) is 16.6. The predicted molar refractivity (Wildman–Crippen MR) is 126 cm³/mol. The average Bonchev–Trinajstić information content (AvgIpc) is 2.78. The lowest BCUT2D eigenvalue weighted by molar-refractivity contribution is 0.103. The minimum absolute atomic E-state index is 0.0830. The summed E-state index contributed by atoms with van der Waals surface area (Å²) in [6.45, 7) is 0. The molecule has 0 bridgehead atoms. The Balaban J connectivity index is 1.56. The summed E-state index contributed by atoms with van der Waals surface area (Å²) in [5.74, 6) is -0.166. The fourth-order valence-electron chi connectivity index (χ4n) is 3.23. The largest absolute Gasteiger partial charge is 0.399 e. The second-order valence-electron chi connectivity index (χ2n) is 7.07. The molecule has 31 heavy (non-hydrogen) atoms. The third-order valence-corrected chi connectivity index (χ3v) is 5.71. The number of ketones is 2. The Kier molecular flexibility index (Phi) is 5.87. The number of carbonyl (C=O) groups excluding carboxylic acids is 2. The van der Waals surface area contributed by atoms with Crippen LogP contribution in [0.25, 0.3) is 0 Å². The summed E-state index contributed by atoms with van der Waals surface area (Å²) < 4.78 is 0. The minimum Gasteiger partial charge on any atom is -0.399 e. The Labute approximate surface area is 184 Å². The third kappa shape index (κ3) is 4.85. The molecule has 0 spiro atoms. The van der Waals surface area contributed by atoms with Gasteiger partial charge in [0.1, 0.15) is 0 Å². The van der Waals surface area contributed by atoms with Gasteiger partial charge in [0.25, 0.3) is 0 Å². The second-order valence-corrected chi connectivity index (χ2v) is 8.21. The molecule has 0 aliphatic rings. The fourth-order valence-corrected chi connectivity index (χ4v) is 4.17. The SMILES string of the molecule is Nc1cccc(C(=O)c2cccc(Sc3cccc(C(=O)c4cccc(N)c4)c3)c2)c1. The van der Waals surface area contributed by atoms with E-state index in [9.17, 15) is 9.59 Å². The third-order valence-electron chi connectivity index (χ3n) is 4.73. The van der Waals surface area contributed by atoms with Gasteiger partial charge >= 0.3 is 0 Å². The molecule has 0 atom stereocenters. The maximum Gasteiger partial charge on any atom is 0.193 e. The summed E-state index contributed by atoms with van der Waals surface area (Å²) in [7, 11) is 0. The van der Waals surface area contributed by atoms with Gasteiger partial charge in [0, 0.05) is 43.4 Å². The molecule has 0 fully saturated rings. The van der Waals surface area contributed by atoms with Crippen LogP contribution >= 0.6 is 11.8 Å². The van der Waals surface area contributed by atoms with Crippen LogP contribution in [0.1, 0.15) is 31.8 Å². The molecule has 0 unspecified atom stereocenters. The summed E-state index contributed by atoms with van der Waals surface area (Å²) in [6.07, 6.45) is 0. The highest BCUT2D eigenvalue weighted by atomic mass is 32.2. The van der Waals surface area contributed by atoms with E-state index in [2.05, 4.69) is 0 Å². The monoisotopic (exact) mass is 424 g/mol. The zero-order chi connectivity index (χ0) is 21.8. The van der Waals surface area contributed by atoms with E-state index < -0.39 is 0 Å². The zero-order valence-corrected chi connectivity index (χ0v) is 17.4. The Bertz CT molecular complexity index is 1180. The number of anilines is 2. The Morgan fingerprint density at radius 3 is 1.26 bits per heavy atom. The van der Waals surface area contributed by atoms with Crippen LogP contribution in [0.5, 0.6) is 0 Å². The molecule has 0 saturated carbocycles. The highest BCUT2D eigenvalue weighted by Gasteiger charge is 2.12. The smallest absolute Gasteiger partial charge is 0.193 e. The van der Waals surface area contributed by atoms with E-state index in [0.29, 0.717) is 33.6 Å². The normalized spacial score (nSPS) is 10.6. The summed E-state index contributed by atoms with van der Waals surface area (Å²) in [5.41, 5.74) is 15.0. The van der Waals surface area contributed by atoms with Gasteiger partial charge in [-0.05, 0) is 48.5 Å². The molecule has 152 valence electrons. The van der Waals surface area contributed by atoms with Crippen LogP contribution in [0.15, 0.2) is 107 Å². The Morgan fingerprint density at radius 1 is 0.516 bits per heavy atom. The molecule has 4 nitrogen and oxygen atoms in total. The fraction of sp³-hybridized carbons (Fsp3) is 0. The van der Waals surface area contributed by atoms with Gasteiger partial charge in [-0.1, -0.05) is 60.3 Å². The number of hydrogen-bond donors (Lipinski definition) is 2. The molecule has 0 aromatic heterocycles. The topological polar surface area (TPSA) is 86.2 Å². The standard InChI is InChI=1S/C26H20N2O2S/c27-21-9-1-5-17(13-21)25(29)19-7-3-11-23(15-19)31-24-12-4-8-20(16-24)26(30)18-6-2-10-22(28)14-18/h1-16H,27-28H2. The van der Waals surface area contributed by atoms with Gasteiger partial charge in [0.05, 0.1) is 0 Å². The first-order valence-corrected chi connectivity index (χ1v) is 10.5. The van der Waals surface area contributed by atoms with Gasteiger partial charge < -0.3 is 11.5 Å². The van der Waals surface area contributed by atoms with Gasteiger partial charge in [0.15, 0.2) is 11.6 Å². The number of rotatable bonds is 6. The first-order chi connectivity index (χ1) is 15.0. The average molecular weight is 425 g/mol. The van der Waals surface area contributed by atoms with Crippen molar-refractivity contribution in [2.75, 3.05) is 11.5 Å². The van der Waals surface area contributed by atoms with Gasteiger partial charge in [0.2, 0.25) is 0 Å². The highest BCUT2D eigenvalue weighted by Crippen LogP contribution is 2.30. The first-order valence-electron chi connectivity index (χ1n) is 9.68. The van der Waals surface area contributed by atoms with Crippen LogP contribution in [0.4, 0.5) is 11.4 Å². The lowest BCUT2D eigenvalue weighted by atomic mass is 10.0. The van der Waals surface area contributed by atoms with Crippen LogP contribution in [-0.4, -0.2) is 11.6 Å². The van der Waals surface area contributed by atoms with E-state index in [0.717, 1.165) is 9.79 Å². The molecule has 4 rings (SSSR count). The Morgan fingerprint density at radius 2 is 0.871 bits per heavy atom. The lowest BCUT2D eigenvalue weighted by Crippen LogP contribution is -2.02. The Hall–Kier alpha value is -3.83. The number of benzene rings is 4. The van der Waals surface area contributed by atoms with E-state index in [-0.39, 0.29) is 11.6 Å². The van der Waals surface area contributed by atoms with Crippen molar-refractivity contribution in [3.63, 3.8) is 0 Å². The highest BCUT2D eigenvalue weighted by molar-refractivity contribution is 7.99. The van der Waals surface area contributed by atoms with Crippen molar-refractivity contribution in [1.82, 2.24) is 0 Å². The molecule has 0 amide bonds. The van der Waals surface area contributed by atoms with Gasteiger partial charge in [-0.3, -0.25) is 9.59 Å². The summed E-state index contributed by atoms with van der Waals surface area (Å²) in [4.78, 5) is 27.4. The maximum absolute atomic E-state index is 12.8. The molecular formula is C26H20N2O2S. The second kappa shape index (κ2) is 8.90. The van der Waals surface area contributed by atoms with Gasteiger partial charge in [-0.25, -0.2) is 0 Å². The molecule has 0 radical (unpaired) electrons. The lowest BCUT2D eigenvalue weighted by Gasteiger charge is -2.08. The number of nitrogen functional groups attached to an aromatic ring is 2. The summed E-state index contributed by atoms with van der Waals surface area (Å²) in [6, 6.07) is 28.7. The van der Waals surface area contributed by atoms with Crippen LogP contribution in [0, 0.1) is 0 Å². The van der Waals surface area contributed by atoms with Crippen LogP contribution in [0.3, 0.4) is 0 Å². The summed E-state index contributed by atoms with van der Waals surface area (Å²) in [5, 5.41) is 0. The maximum atomic E-state index is 12.8. The molecule has 0 aliphatic heterocycles. The van der Waals surface area contributed by atoms with Gasteiger partial charge in [-0.2, -0.15) is 0 Å². The van der Waals surface area contributed by atoms with Gasteiger partial charge in [-0.15, -0.1) is 0 Å². The summed E-state index contributed by atoms with van der Waals surface area (Å²) >= 11 is 1.49. The van der Waals surface area contributed by atoms with Crippen molar-refractivity contribution in [3.8, 4) is 0 Å². The molecular weight excluding hydrogens is 404 g/mol. The molecule has 0 aliphatic carbocycles. The van der Waals surface area contributed by atoms with Crippen molar-refractivity contribution in [2.45, 2.75) is 9.79 Å². The van der Waals surface area contributed by atoms with E-state index >= 15 is 0 Å². The molecule has 0 saturated heterocycles. The van der Waals surface area contributed by atoms with Crippen LogP contribution < -0.4 is 11.5 Å². The number of nitrogens with two attached hydrogens (primary N) is 2. The van der Waals surface area contributed by atoms with Crippen molar-refractivity contribution in [3.05, 3.63) is 119 Å². The van der Waals surface area contributed by atoms with Crippen molar-refractivity contribution in [1.29, 1.82) is 0 Å². The molecule has 5 heteroatoms. The minimum atomic E-state index is -0.0830. The molecule has 0 heterocycles. The molecule has 4 N–H and O–H groups in total. The van der Waals surface area contributed by atoms with Crippen LogP contribution in [-0.2, 0) is 0 Å². The number of hydrogen-bond acceptors (Lipinski definition) is 5. The van der Waals surface area contributed by atoms with Crippen molar-refractivity contribution in [2.24, 2.45) is 0 Å². The van der Waals surface area contributed by atoms with Crippen molar-refractivity contribution >= 4 is 34.7 Å². The van der Waals surface area contributed by atoms with E-state index in [1.165, 1.54) is 11.8 Å². The van der Waals surface area contributed by atoms with Crippen LogP contribution in [0.2, 0.25) is 0 Å². The van der Waals surface area contributed by atoms with E-state index in [1.807, 2.05) is 36.4 Å². The van der Waals surface area contributed by atoms with Crippen molar-refractivity contribution < 1.29 is 9.59 Å². The molecule has 4 aromatic rings. The predicted octanol–water partition coefficient (Wildman–Crippen LogP) is 5.46. The van der Waals surface area contributed by atoms with E-state index in [4.69, 9.17) is 11.5 Å².